The highest BCUT2D eigenvalue weighted by atomic mass is 32.2. The fourth-order valence-electron chi connectivity index (χ4n) is 2.76. The van der Waals surface area contributed by atoms with Crippen LogP contribution in [0.25, 0.3) is 0 Å². The van der Waals surface area contributed by atoms with Gasteiger partial charge in [-0.2, -0.15) is 0 Å². The Morgan fingerprint density at radius 2 is 1.81 bits per heavy atom. The predicted octanol–water partition coefficient (Wildman–Crippen LogP) is 2.62. The Morgan fingerprint density at radius 3 is 2.52 bits per heavy atom. The van der Waals surface area contributed by atoms with Crippen LogP contribution in [0.1, 0.15) is 28.4 Å². The normalized spacial score (nSPS) is 18.7. The molecular weight excluding hydrogens is 362 g/mol. The van der Waals surface area contributed by atoms with Gasteiger partial charge in [0.2, 0.25) is 0 Å². The summed E-state index contributed by atoms with van der Waals surface area (Å²) in [5, 5.41) is 7.82. The second-order valence-electron chi connectivity index (χ2n) is 6.63. The van der Waals surface area contributed by atoms with Crippen molar-refractivity contribution in [2.45, 2.75) is 30.8 Å². The monoisotopic (exact) mass is 383 g/mol. The zero-order valence-electron chi connectivity index (χ0n) is 15.2. The average molecular weight is 383 g/mol. The van der Waals surface area contributed by atoms with E-state index in [1.54, 1.807) is 19.1 Å². The lowest BCUT2D eigenvalue weighted by atomic mass is 10.1. The van der Waals surface area contributed by atoms with Crippen LogP contribution in [0.15, 0.2) is 53.4 Å². The molecule has 3 N–H and O–H groups in total. The van der Waals surface area contributed by atoms with Crippen molar-refractivity contribution in [3.05, 3.63) is 65.2 Å². The maximum absolute atomic E-state index is 12.7. The molecule has 0 spiro atoms. The van der Waals surface area contributed by atoms with Gasteiger partial charge in [0, 0.05) is 17.2 Å². The minimum atomic E-state index is -0.994. The van der Waals surface area contributed by atoms with Crippen molar-refractivity contribution in [1.29, 1.82) is 0 Å². The van der Waals surface area contributed by atoms with Crippen molar-refractivity contribution in [2.24, 2.45) is 0 Å². The summed E-state index contributed by atoms with van der Waals surface area (Å²) in [6, 6.07) is 14.6. The molecule has 0 aromatic heterocycles. The van der Waals surface area contributed by atoms with E-state index in [-0.39, 0.29) is 11.8 Å². The van der Waals surface area contributed by atoms with Gasteiger partial charge in [-0.05, 0) is 37.1 Å². The molecule has 2 aromatic rings. The topological polar surface area (TPSA) is 87.3 Å². The van der Waals surface area contributed by atoms with Crippen LogP contribution >= 0.6 is 11.8 Å². The number of urea groups is 1. The van der Waals surface area contributed by atoms with E-state index in [2.05, 4.69) is 16.0 Å². The number of nitrogens with one attached hydrogen (secondary N) is 3. The number of rotatable bonds is 6. The zero-order chi connectivity index (χ0) is 19.4. The highest BCUT2D eigenvalue weighted by molar-refractivity contribution is 7.99. The molecule has 0 saturated carbocycles. The number of amides is 4. The van der Waals surface area contributed by atoms with E-state index >= 15 is 0 Å². The van der Waals surface area contributed by atoms with Crippen molar-refractivity contribution >= 4 is 29.6 Å². The molecular formula is C20H21N3O3S. The van der Waals surface area contributed by atoms with E-state index in [1.165, 1.54) is 11.8 Å². The van der Waals surface area contributed by atoms with Gasteiger partial charge >= 0.3 is 6.03 Å². The van der Waals surface area contributed by atoms with Gasteiger partial charge in [-0.15, -0.1) is 11.8 Å². The van der Waals surface area contributed by atoms with Crippen LogP contribution in [0.4, 0.5) is 4.79 Å². The van der Waals surface area contributed by atoms with E-state index in [9.17, 15) is 14.4 Å². The molecule has 1 aliphatic rings. The van der Waals surface area contributed by atoms with Crippen molar-refractivity contribution in [2.75, 3.05) is 5.75 Å². The molecule has 0 unspecified atom stereocenters. The Kier molecular flexibility index (Phi) is 5.51. The second-order valence-corrected chi connectivity index (χ2v) is 7.65. The molecule has 140 valence electrons. The summed E-state index contributed by atoms with van der Waals surface area (Å²) >= 11 is 1.37. The van der Waals surface area contributed by atoms with Crippen LogP contribution in [0.2, 0.25) is 0 Å². The van der Waals surface area contributed by atoms with Gasteiger partial charge in [0.1, 0.15) is 5.54 Å². The maximum Gasteiger partial charge on any atom is 0.322 e. The summed E-state index contributed by atoms with van der Waals surface area (Å²) in [5.41, 5.74) is 1.74. The van der Waals surface area contributed by atoms with Crippen molar-refractivity contribution in [3.63, 3.8) is 0 Å². The number of aryl methyl sites for hydroxylation is 1. The first-order valence-corrected chi connectivity index (χ1v) is 9.56. The van der Waals surface area contributed by atoms with Gasteiger partial charge in [-0.1, -0.05) is 36.4 Å². The molecule has 3 rings (SSSR count). The van der Waals surface area contributed by atoms with Gasteiger partial charge in [0.15, 0.2) is 0 Å². The molecule has 1 heterocycles. The van der Waals surface area contributed by atoms with Gasteiger partial charge in [0.25, 0.3) is 11.8 Å². The number of carbonyl (C=O) groups excluding carboxylic acids is 3. The number of hydrogen-bond donors (Lipinski definition) is 3. The maximum atomic E-state index is 12.7. The first-order valence-electron chi connectivity index (χ1n) is 8.57. The van der Waals surface area contributed by atoms with Crippen LogP contribution in [0.3, 0.4) is 0 Å². The molecule has 0 radical (unpaired) electrons. The third-order valence-electron chi connectivity index (χ3n) is 4.47. The summed E-state index contributed by atoms with van der Waals surface area (Å²) in [5.74, 6) is -0.208. The lowest BCUT2D eigenvalue weighted by Gasteiger charge is -2.20. The number of imide groups is 1. The fourth-order valence-corrected chi connectivity index (χ4v) is 3.90. The van der Waals surface area contributed by atoms with Crippen LogP contribution < -0.4 is 16.0 Å². The van der Waals surface area contributed by atoms with Gasteiger partial charge < -0.3 is 10.6 Å². The lowest BCUT2D eigenvalue weighted by molar-refractivity contribution is -0.122. The average Bonchev–Trinajstić information content (AvgIpc) is 2.91. The van der Waals surface area contributed by atoms with Gasteiger partial charge in [-0.25, -0.2) is 4.79 Å². The number of benzene rings is 2. The number of carbonyl (C=O) groups is 3. The summed E-state index contributed by atoms with van der Waals surface area (Å²) in [6.45, 7) is 4.12. The van der Waals surface area contributed by atoms with Crippen LogP contribution in [-0.2, 0) is 11.3 Å². The van der Waals surface area contributed by atoms with E-state index in [4.69, 9.17) is 0 Å². The number of thioether (sulfide) groups is 1. The lowest BCUT2D eigenvalue weighted by Crippen LogP contribution is -2.46. The Hall–Kier alpha value is -2.80. The Balaban J connectivity index is 1.68. The second kappa shape index (κ2) is 7.84. The Labute approximate surface area is 162 Å². The van der Waals surface area contributed by atoms with E-state index in [0.29, 0.717) is 17.9 Å². The fraction of sp³-hybridized carbons (Fsp3) is 0.250. The zero-order valence-corrected chi connectivity index (χ0v) is 16.0. The molecule has 1 saturated heterocycles. The van der Waals surface area contributed by atoms with Crippen LogP contribution in [0, 0.1) is 6.92 Å². The molecule has 27 heavy (non-hydrogen) atoms. The van der Waals surface area contributed by atoms with E-state index in [0.717, 1.165) is 16.0 Å². The van der Waals surface area contributed by atoms with Crippen LogP contribution in [-0.4, -0.2) is 29.1 Å². The quantitative estimate of drug-likeness (QED) is 0.529. The molecule has 7 heteroatoms. The highest BCUT2D eigenvalue weighted by Gasteiger charge is 2.41. The van der Waals surface area contributed by atoms with Gasteiger partial charge in [0.05, 0.1) is 5.56 Å². The third kappa shape index (κ3) is 4.31. The van der Waals surface area contributed by atoms with E-state index < -0.39 is 11.6 Å². The molecule has 1 atom stereocenters. The third-order valence-corrected chi connectivity index (χ3v) is 5.86. The molecule has 1 aliphatic heterocycles. The summed E-state index contributed by atoms with van der Waals surface area (Å²) < 4.78 is 0. The molecule has 1 fully saturated rings. The highest BCUT2D eigenvalue weighted by Crippen LogP contribution is 2.27. The van der Waals surface area contributed by atoms with Crippen LogP contribution in [0.5, 0.6) is 0 Å². The molecule has 2 aromatic carbocycles. The first-order chi connectivity index (χ1) is 12.9. The standard InChI is InChI=1S/C20H21N3O3S/c1-13-7-3-4-8-14(13)11-21-17(24)15-9-5-6-10-16(15)27-12-20(2)18(25)22-19(26)23-20/h3-10H,11-12H2,1-2H3,(H,21,24)(H2,22,23,25,26)/t20-/m1/s1. The Morgan fingerprint density at radius 1 is 1.11 bits per heavy atom. The van der Waals surface area contributed by atoms with Crippen molar-refractivity contribution in [1.82, 2.24) is 16.0 Å². The molecule has 0 bridgehead atoms. The summed E-state index contributed by atoms with van der Waals surface area (Å²) in [4.78, 5) is 36.8. The SMILES string of the molecule is Cc1ccccc1CNC(=O)c1ccccc1SC[C@@]1(C)NC(=O)NC1=O. The largest absolute Gasteiger partial charge is 0.348 e. The predicted molar refractivity (Wildman–Crippen MR) is 105 cm³/mol. The number of hydrogen-bond acceptors (Lipinski definition) is 4. The molecule has 4 amide bonds. The van der Waals surface area contributed by atoms with Crippen molar-refractivity contribution in [3.8, 4) is 0 Å². The minimum Gasteiger partial charge on any atom is -0.348 e. The Bertz CT molecular complexity index is 900. The minimum absolute atomic E-state index is 0.175. The molecule has 0 aliphatic carbocycles. The summed E-state index contributed by atoms with van der Waals surface area (Å²) in [6.07, 6.45) is 0. The van der Waals surface area contributed by atoms with Gasteiger partial charge in [-0.3, -0.25) is 14.9 Å². The smallest absolute Gasteiger partial charge is 0.322 e. The molecule has 6 nitrogen and oxygen atoms in total. The first kappa shape index (κ1) is 19.0. The van der Waals surface area contributed by atoms with Crippen molar-refractivity contribution < 1.29 is 14.4 Å². The van der Waals surface area contributed by atoms with E-state index in [1.807, 2.05) is 43.3 Å². The summed E-state index contributed by atoms with van der Waals surface area (Å²) in [7, 11) is 0.